The summed E-state index contributed by atoms with van der Waals surface area (Å²) in [6.07, 6.45) is 1.01. The van der Waals surface area contributed by atoms with Crippen LogP contribution in [0, 0.1) is 0 Å². The average molecular weight is 348 g/mol. The van der Waals surface area contributed by atoms with Gasteiger partial charge in [0.15, 0.2) is 0 Å². The van der Waals surface area contributed by atoms with E-state index >= 15 is 0 Å². The molecule has 0 aliphatic carbocycles. The lowest BCUT2D eigenvalue weighted by molar-refractivity contribution is -0.145. The molecule has 122 valence electrons. The third kappa shape index (κ3) is 6.44. The van der Waals surface area contributed by atoms with Crippen LogP contribution in [0.5, 0.6) is 0 Å². The van der Waals surface area contributed by atoms with E-state index in [0.29, 0.717) is 5.02 Å². The minimum Gasteiger partial charge on any atom is -0.464 e. The Labute approximate surface area is 134 Å². The zero-order chi connectivity index (χ0) is 16.8. The van der Waals surface area contributed by atoms with Crippen LogP contribution in [0.2, 0.25) is 5.02 Å². The van der Waals surface area contributed by atoms with Gasteiger partial charge in [-0.15, -0.1) is 0 Å². The second-order valence-electron chi connectivity index (χ2n) is 4.71. The van der Waals surface area contributed by atoms with Crippen LogP contribution in [0.15, 0.2) is 24.3 Å². The molecular formula is C14H18ClNO5S. The van der Waals surface area contributed by atoms with Crippen LogP contribution in [0.3, 0.4) is 0 Å². The summed E-state index contributed by atoms with van der Waals surface area (Å²) in [7, 11) is -3.25. The number of ether oxygens (including phenoxy) is 1. The molecule has 0 saturated carbocycles. The summed E-state index contributed by atoms with van der Waals surface area (Å²) in [6.45, 7) is 1.77. The van der Waals surface area contributed by atoms with Gasteiger partial charge < -0.3 is 10.1 Å². The molecule has 0 heterocycles. The molecule has 22 heavy (non-hydrogen) atoms. The van der Waals surface area contributed by atoms with Crippen molar-refractivity contribution in [1.29, 1.82) is 0 Å². The third-order valence-corrected chi connectivity index (χ3v) is 3.95. The Bertz CT molecular complexity index is 644. The molecule has 0 radical (unpaired) electrons. The molecule has 0 aliphatic rings. The molecule has 1 aromatic rings. The van der Waals surface area contributed by atoms with Crippen molar-refractivity contribution in [3.05, 3.63) is 34.9 Å². The van der Waals surface area contributed by atoms with Gasteiger partial charge in [0.25, 0.3) is 5.91 Å². The second-order valence-corrected chi connectivity index (χ2v) is 7.40. The van der Waals surface area contributed by atoms with E-state index < -0.39 is 27.8 Å². The van der Waals surface area contributed by atoms with Crippen molar-refractivity contribution < 1.29 is 22.7 Å². The molecule has 6 nitrogen and oxygen atoms in total. The van der Waals surface area contributed by atoms with Gasteiger partial charge in [-0.25, -0.2) is 13.2 Å². The minimum atomic E-state index is -3.25. The molecule has 0 aliphatic heterocycles. The van der Waals surface area contributed by atoms with Crippen molar-refractivity contribution in [2.24, 2.45) is 0 Å². The Kier molecular flexibility index (Phi) is 6.83. The summed E-state index contributed by atoms with van der Waals surface area (Å²) in [5.41, 5.74) is 0.279. The van der Waals surface area contributed by atoms with Crippen LogP contribution in [0.1, 0.15) is 23.7 Å². The summed E-state index contributed by atoms with van der Waals surface area (Å²) >= 11 is 5.81. The van der Waals surface area contributed by atoms with E-state index in [1.54, 1.807) is 25.1 Å². The molecule has 1 amide bonds. The van der Waals surface area contributed by atoms with Crippen molar-refractivity contribution in [1.82, 2.24) is 5.32 Å². The van der Waals surface area contributed by atoms with Crippen LogP contribution in [0.25, 0.3) is 0 Å². The summed E-state index contributed by atoms with van der Waals surface area (Å²) in [5, 5.41) is 2.87. The molecule has 1 aromatic carbocycles. The Balaban J connectivity index is 2.82. The van der Waals surface area contributed by atoms with Crippen LogP contribution in [0.4, 0.5) is 0 Å². The first-order chi connectivity index (χ1) is 10.2. The first-order valence-corrected chi connectivity index (χ1v) is 9.07. The zero-order valence-electron chi connectivity index (χ0n) is 12.3. The van der Waals surface area contributed by atoms with Crippen molar-refractivity contribution in [3.8, 4) is 0 Å². The highest BCUT2D eigenvalue weighted by Crippen LogP contribution is 2.11. The van der Waals surface area contributed by atoms with Crippen molar-refractivity contribution in [2.45, 2.75) is 19.4 Å². The fourth-order valence-corrected chi connectivity index (χ4v) is 2.55. The second kappa shape index (κ2) is 8.14. The number of benzene rings is 1. The van der Waals surface area contributed by atoms with Crippen molar-refractivity contribution >= 4 is 33.3 Å². The highest BCUT2D eigenvalue weighted by Gasteiger charge is 2.24. The maximum absolute atomic E-state index is 12.1. The van der Waals surface area contributed by atoms with Crippen LogP contribution < -0.4 is 5.32 Å². The molecule has 1 atom stereocenters. The molecule has 1 rings (SSSR count). The fraction of sp³-hybridized carbons (Fsp3) is 0.429. The number of nitrogens with one attached hydrogen (secondary N) is 1. The number of carbonyl (C=O) groups excluding carboxylic acids is 2. The first-order valence-electron chi connectivity index (χ1n) is 6.63. The quantitative estimate of drug-likeness (QED) is 0.754. The fourth-order valence-electron chi connectivity index (χ4n) is 1.70. The number of amides is 1. The molecule has 1 unspecified atom stereocenters. The Morgan fingerprint density at radius 1 is 1.36 bits per heavy atom. The smallest absolute Gasteiger partial charge is 0.328 e. The molecular weight excluding hydrogens is 330 g/mol. The summed E-state index contributed by atoms with van der Waals surface area (Å²) in [5.74, 6) is -1.41. The lowest BCUT2D eigenvalue weighted by atomic mass is 10.1. The van der Waals surface area contributed by atoms with Gasteiger partial charge in [0.2, 0.25) is 0 Å². The van der Waals surface area contributed by atoms with Gasteiger partial charge in [-0.05, 0) is 31.5 Å². The van der Waals surface area contributed by atoms with E-state index in [4.69, 9.17) is 16.3 Å². The predicted octanol–water partition coefficient (Wildman–Crippen LogP) is 1.44. The molecule has 8 heteroatoms. The number of carbonyl (C=O) groups is 2. The molecule has 0 saturated heterocycles. The molecule has 0 fully saturated rings. The van der Waals surface area contributed by atoms with E-state index in [-0.39, 0.29) is 24.3 Å². The normalized spacial score (nSPS) is 12.5. The van der Waals surface area contributed by atoms with Gasteiger partial charge in [-0.3, -0.25) is 4.79 Å². The van der Waals surface area contributed by atoms with Crippen molar-refractivity contribution in [2.75, 3.05) is 18.6 Å². The summed E-state index contributed by atoms with van der Waals surface area (Å²) < 4.78 is 27.3. The largest absolute Gasteiger partial charge is 0.464 e. The number of sulfone groups is 1. The van der Waals surface area contributed by atoms with E-state index in [9.17, 15) is 18.0 Å². The van der Waals surface area contributed by atoms with E-state index in [1.807, 2.05) is 0 Å². The number of rotatable bonds is 7. The number of esters is 1. The highest BCUT2D eigenvalue weighted by molar-refractivity contribution is 7.90. The van der Waals surface area contributed by atoms with Crippen LogP contribution in [-0.2, 0) is 19.4 Å². The first kappa shape index (κ1) is 18.4. The van der Waals surface area contributed by atoms with Crippen LogP contribution in [-0.4, -0.2) is 45.0 Å². The van der Waals surface area contributed by atoms with Crippen LogP contribution >= 0.6 is 11.6 Å². The third-order valence-electron chi connectivity index (χ3n) is 2.74. The predicted molar refractivity (Wildman–Crippen MR) is 83.7 cm³/mol. The van der Waals surface area contributed by atoms with Gasteiger partial charge in [-0.2, -0.15) is 0 Å². The van der Waals surface area contributed by atoms with Gasteiger partial charge >= 0.3 is 5.97 Å². The average Bonchev–Trinajstić information content (AvgIpc) is 2.42. The zero-order valence-corrected chi connectivity index (χ0v) is 13.9. The standard InChI is InChI=1S/C14H18ClNO5S/c1-3-21-14(18)12(7-8-22(2,19)20)16-13(17)10-5-4-6-11(15)9-10/h4-6,9,12H,3,7-8H2,1-2H3,(H,16,17). The van der Waals surface area contributed by atoms with Crippen molar-refractivity contribution in [3.63, 3.8) is 0 Å². The topological polar surface area (TPSA) is 89.5 Å². The maximum atomic E-state index is 12.1. The van der Waals surface area contributed by atoms with Gasteiger partial charge in [0.05, 0.1) is 12.4 Å². The maximum Gasteiger partial charge on any atom is 0.328 e. The Morgan fingerprint density at radius 2 is 2.05 bits per heavy atom. The lowest BCUT2D eigenvalue weighted by Crippen LogP contribution is -2.43. The SMILES string of the molecule is CCOC(=O)C(CCS(C)(=O)=O)NC(=O)c1cccc(Cl)c1. The molecule has 1 N–H and O–H groups in total. The van der Waals surface area contributed by atoms with E-state index in [1.165, 1.54) is 6.07 Å². The minimum absolute atomic E-state index is 0.0516. The lowest BCUT2D eigenvalue weighted by Gasteiger charge is -2.17. The number of hydrogen-bond acceptors (Lipinski definition) is 5. The van der Waals surface area contributed by atoms with E-state index in [0.717, 1.165) is 6.26 Å². The van der Waals surface area contributed by atoms with Gasteiger partial charge in [0.1, 0.15) is 15.9 Å². The molecule has 0 spiro atoms. The number of halogens is 1. The molecule has 0 bridgehead atoms. The highest BCUT2D eigenvalue weighted by atomic mass is 35.5. The Morgan fingerprint density at radius 3 is 2.59 bits per heavy atom. The number of hydrogen-bond donors (Lipinski definition) is 1. The van der Waals surface area contributed by atoms with Gasteiger partial charge in [0, 0.05) is 16.8 Å². The van der Waals surface area contributed by atoms with E-state index in [2.05, 4.69) is 5.32 Å². The van der Waals surface area contributed by atoms with Gasteiger partial charge in [-0.1, -0.05) is 17.7 Å². The Hall–Kier alpha value is -1.60. The monoisotopic (exact) mass is 347 g/mol. The molecule has 0 aromatic heterocycles. The summed E-state index contributed by atoms with van der Waals surface area (Å²) in [4.78, 5) is 23.9. The summed E-state index contributed by atoms with van der Waals surface area (Å²) in [6, 6.07) is 5.19.